The second-order valence-electron chi connectivity index (χ2n) is 4.57. The van der Waals surface area contributed by atoms with Gasteiger partial charge in [0.25, 0.3) is 0 Å². The molecule has 16 heavy (non-hydrogen) atoms. The van der Waals surface area contributed by atoms with Gasteiger partial charge in [-0.25, -0.2) is 9.69 Å². The van der Waals surface area contributed by atoms with Gasteiger partial charge in [0.2, 0.25) is 0 Å². The summed E-state index contributed by atoms with van der Waals surface area (Å²) in [6.07, 6.45) is -0.527. The minimum Gasteiger partial charge on any atom is -0.438 e. The summed E-state index contributed by atoms with van der Waals surface area (Å²) in [5.74, 6) is 0. The molecule has 1 aliphatic heterocycles. The molecule has 1 unspecified atom stereocenters. The third-order valence-electron chi connectivity index (χ3n) is 3.12. The number of hydrogen-bond donors (Lipinski definition) is 1. The number of hydrogen-bond acceptors (Lipinski definition) is 3. The van der Waals surface area contributed by atoms with Crippen molar-refractivity contribution < 1.29 is 14.6 Å². The fourth-order valence-electron chi connectivity index (χ4n) is 1.74. The monoisotopic (exact) mass is 221 g/mol. The van der Waals surface area contributed by atoms with E-state index in [1.54, 1.807) is 32.9 Å². The number of benzene rings is 1. The van der Waals surface area contributed by atoms with Crippen LogP contribution in [0.1, 0.15) is 20.8 Å². The van der Waals surface area contributed by atoms with Crippen LogP contribution in [0.2, 0.25) is 0 Å². The summed E-state index contributed by atoms with van der Waals surface area (Å²) >= 11 is 0. The molecule has 0 bridgehead atoms. The Morgan fingerprint density at radius 2 is 1.75 bits per heavy atom. The van der Waals surface area contributed by atoms with Gasteiger partial charge in [0.15, 0.2) is 11.3 Å². The average molecular weight is 221 g/mol. The maximum Gasteiger partial charge on any atom is 0.417 e. The van der Waals surface area contributed by atoms with Crippen LogP contribution in [0, 0.1) is 0 Å². The normalized spacial score (nSPS) is 28.0. The van der Waals surface area contributed by atoms with E-state index in [1.165, 1.54) is 4.90 Å². The molecular formula is C12H15NO3. The lowest BCUT2D eigenvalue weighted by Crippen LogP contribution is -2.53. The summed E-state index contributed by atoms with van der Waals surface area (Å²) in [5, 5.41) is 10.4. The molecule has 1 heterocycles. The molecule has 0 spiro atoms. The molecule has 1 aromatic carbocycles. The maximum atomic E-state index is 11.7. The third-order valence-corrected chi connectivity index (χ3v) is 3.12. The van der Waals surface area contributed by atoms with E-state index in [9.17, 15) is 9.90 Å². The fourth-order valence-corrected chi connectivity index (χ4v) is 1.74. The largest absolute Gasteiger partial charge is 0.438 e. The molecule has 0 aromatic heterocycles. The topological polar surface area (TPSA) is 49.8 Å². The number of carbonyl (C=O) groups excluding carboxylic acids is 1. The van der Waals surface area contributed by atoms with Crippen molar-refractivity contribution in [2.45, 2.75) is 32.1 Å². The molecule has 0 aliphatic carbocycles. The second-order valence-corrected chi connectivity index (χ2v) is 4.57. The Morgan fingerprint density at radius 3 is 2.19 bits per heavy atom. The van der Waals surface area contributed by atoms with Gasteiger partial charge < -0.3 is 9.84 Å². The molecule has 4 heteroatoms. The lowest BCUT2D eigenvalue weighted by atomic mass is 9.95. The highest BCUT2D eigenvalue weighted by Crippen LogP contribution is 2.39. The first-order valence-corrected chi connectivity index (χ1v) is 5.17. The average Bonchev–Trinajstić information content (AvgIpc) is 2.33. The van der Waals surface area contributed by atoms with Gasteiger partial charge in [0, 0.05) is 0 Å². The zero-order valence-electron chi connectivity index (χ0n) is 9.60. The zero-order chi connectivity index (χ0) is 12.0. The molecule has 0 saturated carbocycles. The molecule has 2 rings (SSSR count). The molecule has 86 valence electrons. The molecule has 1 saturated heterocycles. The smallest absolute Gasteiger partial charge is 0.417 e. The van der Waals surface area contributed by atoms with E-state index < -0.39 is 17.4 Å². The molecule has 1 fully saturated rings. The van der Waals surface area contributed by atoms with Crippen LogP contribution in [0.3, 0.4) is 0 Å². The Morgan fingerprint density at radius 1 is 1.19 bits per heavy atom. The molecule has 1 amide bonds. The van der Waals surface area contributed by atoms with Crippen LogP contribution in [0.4, 0.5) is 10.5 Å². The summed E-state index contributed by atoms with van der Waals surface area (Å²) in [6, 6.07) is 8.99. The van der Waals surface area contributed by atoms with Crippen LogP contribution in [-0.2, 0) is 4.74 Å². The van der Waals surface area contributed by atoms with E-state index in [1.807, 2.05) is 18.2 Å². The Bertz CT molecular complexity index is 412. The van der Waals surface area contributed by atoms with E-state index >= 15 is 0 Å². The first-order valence-electron chi connectivity index (χ1n) is 5.17. The number of cyclic esters (lactones) is 1. The number of carbonyl (C=O) groups is 1. The van der Waals surface area contributed by atoms with Crippen molar-refractivity contribution >= 4 is 11.8 Å². The van der Waals surface area contributed by atoms with Crippen LogP contribution in [0.25, 0.3) is 0 Å². The number of nitrogens with zero attached hydrogens (tertiary/aromatic N) is 1. The summed E-state index contributed by atoms with van der Waals surface area (Å²) in [7, 11) is 0. The van der Waals surface area contributed by atoms with E-state index in [2.05, 4.69) is 0 Å². The van der Waals surface area contributed by atoms with Crippen LogP contribution in [0.5, 0.6) is 0 Å². The van der Waals surface area contributed by atoms with Crippen LogP contribution < -0.4 is 4.90 Å². The van der Waals surface area contributed by atoms with Gasteiger partial charge in [-0.1, -0.05) is 18.2 Å². The van der Waals surface area contributed by atoms with Crippen molar-refractivity contribution in [1.29, 1.82) is 0 Å². The van der Waals surface area contributed by atoms with Crippen LogP contribution in [-0.4, -0.2) is 22.5 Å². The van der Waals surface area contributed by atoms with Gasteiger partial charge in [-0.3, -0.25) is 0 Å². The predicted molar refractivity (Wildman–Crippen MR) is 60.1 cm³/mol. The molecule has 1 aliphatic rings. The third kappa shape index (κ3) is 1.38. The number of aliphatic hydroxyl groups is 1. The Balaban J connectivity index is 2.47. The molecule has 1 N–H and O–H groups in total. The van der Waals surface area contributed by atoms with Gasteiger partial charge in [0.05, 0.1) is 5.69 Å². The zero-order valence-corrected chi connectivity index (χ0v) is 9.60. The summed E-state index contributed by atoms with van der Waals surface area (Å²) in [5.41, 5.74) is -1.66. The van der Waals surface area contributed by atoms with Crippen molar-refractivity contribution in [1.82, 2.24) is 0 Å². The van der Waals surface area contributed by atoms with Crippen molar-refractivity contribution in [3.05, 3.63) is 30.3 Å². The van der Waals surface area contributed by atoms with E-state index in [-0.39, 0.29) is 0 Å². The SMILES string of the molecule is CC1(C)OC(=O)N(c2ccccc2)C1(C)O. The Labute approximate surface area is 94.4 Å². The number of para-hydroxylation sites is 1. The highest BCUT2D eigenvalue weighted by molar-refractivity contribution is 5.91. The van der Waals surface area contributed by atoms with Gasteiger partial charge in [-0.15, -0.1) is 0 Å². The Hall–Kier alpha value is -1.55. The minimum atomic E-state index is -1.36. The summed E-state index contributed by atoms with van der Waals surface area (Å²) in [6.45, 7) is 4.95. The second kappa shape index (κ2) is 3.22. The van der Waals surface area contributed by atoms with E-state index in [4.69, 9.17) is 4.74 Å². The first-order chi connectivity index (χ1) is 7.36. The van der Waals surface area contributed by atoms with Crippen molar-refractivity contribution in [2.24, 2.45) is 0 Å². The first kappa shape index (κ1) is 11.0. The van der Waals surface area contributed by atoms with Gasteiger partial charge in [0.1, 0.15) is 0 Å². The molecule has 4 nitrogen and oxygen atoms in total. The van der Waals surface area contributed by atoms with E-state index in [0.29, 0.717) is 5.69 Å². The van der Waals surface area contributed by atoms with Crippen molar-refractivity contribution in [3.63, 3.8) is 0 Å². The number of rotatable bonds is 1. The molecule has 1 atom stereocenters. The van der Waals surface area contributed by atoms with Crippen LogP contribution >= 0.6 is 0 Å². The number of ether oxygens (including phenoxy) is 1. The predicted octanol–water partition coefficient (Wildman–Crippen LogP) is 2.13. The summed E-state index contributed by atoms with van der Waals surface area (Å²) < 4.78 is 5.17. The molecule has 1 aromatic rings. The fraction of sp³-hybridized carbons (Fsp3) is 0.417. The quantitative estimate of drug-likeness (QED) is 0.790. The van der Waals surface area contributed by atoms with Crippen molar-refractivity contribution in [3.8, 4) is 0 Å². The van der Waals surface area contributed by atoms with Crippen LogP contribution in [0.15, 0.2) is 30.3 Å². The highest BCUT2D eigenvalue weighted by atomic mass is 16.6. The van der Waals surface area contributed by atoms with Gasteiger partial charge in [-0.2, -0.15) is 0 Å². The summed E-state index contributed by atoms with van der Waals surface area (Å²) in [4.78, 5) is 13.0. The molecular weight excluding hydrogens is 206 g/mol. The van der Waals surface area contributed by atoms with Gasteiger partial charge in [-0.05, 0) is 32.9 Å². The van der Waals surface area contributed by atoms with Gasteiger partial charge >= 0.3 is 6.09 Å². The highest BCUT2D eigenvalue weighted by Gasteiger charge is 2.57. The standard InChI is InChI=1S/C12H15NO3/c1-11(2)12(3,15)13(10(14)16-11)9-7-5-4-6-8-9/h4-8,15H,1-3H3. The lowest BCUT2D eigenvalue weighted by Gasteiger charge is -2.34. The lowest BCUT2D eigenvalue weighted by molar-refractivity contribution is -0.0723. The van der Waals surface area contributed by atoms with Crippen molar-refractivity contribution in [2.75, 3.05) is 4.90 Å². The molecule has 0 radical (unpaired) electrons. The minimum absolute atomic E-state index is 0.527. The number of anilines is 1. The number of amides is 1. The maximum absolute atomic E-state index is 11.7. The van der Waals surface area contributed by atoms with E-state index in [0.717, 1.165) is 0 Å². The Kier molecular flexibility index (Phi) is 2.20.